The molecule has 3 aromatic carbocycles. The summed E-state index contributed by atoms with van der Waals surface area (Å²) in [6.45, 7) is 1.94. The highest BCUT2D eigenvalue weighted by Gasteiger charge is 2.17. The first-order valence-electron chi connectivity index (χ1n) is 8.88. The van der Waals surface area contributed by atoms with Gasteiger partial charge in [0.05, 0.1) is 11.4 Å². The number of hydrogen-bond acceptors (Lipinski definition) is 2. The van der Waals surface area contributed by atoms with Gasteiger partial charge < -0.3 is 4.98 Å². The minimum Gasteiger partial charge on any atom is -0.339 e. The lowest BCUT2D eigenvalue weighted by Gasteiger charge is -2.08. The van der Waals surface area contributed by atoms with Crippen LogP contribution in [0, 0.1) is 6.92 Å². The molecule has 0 radical (unpaired) electrons. The van der Waals surface area contributed by atoms with Crippen molar-refractivity contribution in [2.24, 2.45) is 0 Å². The normalized spacial score (nSPS) is 11.3. The summed E-state index contributed by atoms with van der Waals surface area (Å²) in [6.07, 6.45) is 0. The number of fused-ring (bicyclic) bond motifs is 2. The fraction of sp³-hybridized carbons (Fsp3) is 0.0435. The largest absolute Gasteiger partial charge is 0.339 e. The molecule has 0 aliphatic carbocycles. The number of rotatable bonds is 2. The van der Waals surface area contributed by atoms with E-state index in [1.165, 1.54) is 4.52 Å². The Hall–Kier alpha value is -3.66. The molecule has 0 spiro atoms. The van der Waals surface area contributed by atoms with E-state index in [1.807, 2.05) is 55.5 Å². The van der Waals surface area contributed by atoms with Gasteiger partial charge in [0, 0.05) is 11.6 Å². The predicted octanol–water partition coefficient (Wildman–Crippen LogP) is 4.82. The van der Waals surface area contributed by atoms with Gasteiger partial charge in [0.25, 0.3) is 5.56 Å². The first-order chi connectivity index (χ1) is 13.2. The van der Waals surface area contributed by atoms with Crippen molar-refractivity contribution < 1.29 is 0 Å². The van der Waals surface area contributed by atoms with E-state index in [4.69, 9.17) is 0 Å². The molecule has 0 fully saturated rings. The third-order valence-corrected chi connectivity index (χ3v) is 4.93. The van der Waals surface area contributed by atoms with Crippen molar-refractivity contribution in [3.05, 3.63) is 94.9 Å². The van der Waals surface area contributed by atoms with Crippen LogP contribution in [-0.4, -0.2) is 14.6 Å². The van der Waals surface area contributed by atoms with Gasteiger partial charge in [-0.15, -0.1) is 0 Å². The standard InChI is InChI=1S/C23H17N3O/c1-15-22(19-13-7-11-16-8-5-6-12-18(16)19)23-24-20(14-21(27)26(23)25-15)17-9-3-2-4-10-17/h2-14,24H,1H3. The zero-order valence-electron chi connectivity index (χ0n) is 14.8. The lowest BCUT2D eigenvalue weighted by Crippen LogP contribution is -2.14. The van der Waals surface area contributed by atoms with Gasteiger partial charge in [-0.3, -0.25) is 4.79 Å². The van der Waals surface area contributed by atoms with Crippen LogP contribution in [0.4, 0.5) is 0 Å². The molecule has 0 bridgehead atoms. The maximum absolute atomic E-state index is 12.7. The molecular weight excluding hydrogens is 334 g/mol. The Morgan fingerprint density at radius 2 is 1.63 bits per heavy atom. The third-order valence-electron chi connectivity index (χ3n) is 4.93. The Morgan fingerprint density at radius 3 is 2.48 bits per heavy atom. The zero-order chi connectivity index (χ0) is 18.4. The molecule has 0 aliphatic heterocycles. The maximum atomic E-state index is 12.7. The molecule has 0 saturated heterocycles. The highest BCUT2D eigenvalue weighted by Crippen LogP contribution is 2.33. The number of aromatic nitrogens is 3. The average molecular weight is 351 g/mol. The molecular formula is C23H17N3O. The quantitative estimate of drug-likeness (QED) is 0.496. The van der Waals surface area contributed by atoms with Crippen LogP contribution in [0.3, 0.4) is 0 Å². The van der Waals surface area contributed by atoms with Crippen LogP contribution in [0.15, 0.2) is 83.7 Å². The van der Waals surface area contributed by atoms with Crippen LogP contribution >= 0.6 is 0 Å². The molecule has 2 heterocycles. The van der Waals surface area contributed by atoms with Gasteiger partial charge in [0.2, 0.25) is 0 Å². The van der Waals surface area contributed by atoms with E-state index < -0.39 is 0 Å². The molecule has 1 N–H and O–H groups in total. The SMILES string of the molecule is Cc1nn2c(=O)cc(-c3ccccc3)[nH]c2c1-c1cccc2ccccc12. The van der Waals surface area contributed by atoms with Crippen LogP contribution in [0.5, 0.6) is 0 Å². The van der Waals surface area contributed by atoms with Crippen LogP contribution in [-0.2, 0) is 0 Å². The van der Waals surface area contributed by atoms with Gasteiger partial charge in [-0.2, -0.15) is 9.61 Å². The van der Waals surface area contributed by atoms with Gasteiger partial charge in [-0.05, 0) is 28.8 Å². The van der Waals surface area contributed by atoms with Crippen molar-refractivity contribution in [3.63, 3.8) is 0 Å². The van der Waals surface area contributed by atoms with E-state index >= 15 is 0 Å². The second kappa shape index (κ2) is 5.95. The number of H-pyrrole nitrogens is 1. The Morgan fingerprint density at radius 1 is 0.889 bits per heavy atom. The van der Waals surface area contributed by atoms with Crippen molar-refractivity contribution in [1.29, 1.82) is 0 Å². The summed E-state index contributed by atoms with van der Waals surface area (Å²) in [5.74, 6) is 0. The van der Waals surface area contributed by atoms with Gasteiger partial charge >= 0.3 is 0 Å². The predicted molar refractivity (Wildman–Crippen MR) is 109 cm³/mol. The Kier molecular flexibility index (Phi) is 3.44. The molecule has 5 rings (SSSR count). The minimum absolute atomic E-state index is 0.141. The lowest BCUT2D eigenvalue weighted by molar-refractivity contribution is 0.882. The number of nitrogens with one attached hydrogen (secondary N) is 1. The first kappa shape index (κ1) is 15.6. The summed E-state index contributed by atoms with van der Waals surface area (Å²) in [6, 6.07) is 25.9. The molecule has 0 saturated carbocycles. The summed E-state index contributed by atoms with van der Waals surface area (Å²) in [4.78, 5) is 16.2. The van der Waals surface area contributed by atoms with Crippen molar-refractivity contribution in [2.75, 3.05) is 0 Å². The van der Waals surface area contributed by atoms with Crippen molar-refractivity contribution in [2.45, 2.75) is 6.92 Å². The first-order valence-corrected chi connectivity index (χ1v) is 8.88. The summed E-state index contributed by atoms with van der Waals surface area (Å²) < 4.78 is 1.46. The fourth-order valence-corrected chi connectivity index (χ4v) is 3.69. The van der Waals surface area contributed by atoms with E-state index in [2.05, 4.69) is 34.3 Å². The molecule has 2 aromatic heterocycles. The number of aromatic amines is 1. The molecule has 5 aromatic rings. The molecule has 0 atom stereocenters. The lowest BCUT2D eigenvalue weighted by atomic mass is 9.98. The van der Waals surface area contributed by atoms with Crippen molar-refractivity contribution in [3.8, 4) is 22.4 Å². The third kappa shape index (κ3) is 2.46. The Bertz CT molecular complexity index is 1340. The second-order valence-electron chi connectivity index (χ2n) is 6.63. The van der Waals surface area contributed by atoms with Crippen LogP contribution in [0.1, 0.15) is 5.69 Å². The van der Waals surface area contributed by atoms with Gasteiger partial charge in [-0.1, -0.05) is 72.8 Å². The molecule has 27 heavy (non-hydrogen) atoms. The van der Waals surface area contributed by atoms with Gasteiger partial charge in [0.15, 0.2) is 0 Å². The van der Waals surface area contributed by atoms with E-state index in [1.54, 1.807) is 6.07 Å². The summed E-state index contributed by atoms with van der Waals surface area (Å²) in [7, 11) is 0. The molecule has 0 amide bonds. The molecule has 4 heteroatoms. The monoisotopic (exact) mass is 351 g/mol. The summed E-state index contributed by atoms with van der Waals surface area (Å²) in [5.41, 5.74) is 5.19. The second-order valence-corrected chi connectivity index (χ2v) is 6.63. The van der Waals surface area contributed by atoms with E-state index in [0.29, 0.717) is 0 Å². The highest BCUT2D eigenvalue weighted by molar-refractivity contribution is 6.00. The highest BCUT2D eigenvalue weighted by atomic mass is 16.1. The Labute approximate surface area is 155 Å². The molecule has 130 valence electrons. The van der Waals surface area contributed by atoms with E-state index in [-0.39, 0.29) is 5.56 Å². The maximum Gasteiger partial charge on any atom is 0.274 e. The molecule has 0 aliphatic rings. The van der Waals surface area contributed by atoms with Crippen LogP contribution in [0.2, 0.25) is 0 Å². The van der Waals surface area contributed by atoms with Crippen LogP contribution < -0.4 is 5.56 Å². The van der Waals surface area contributed by atoms with Crippen molar-refractivity contribution in [1.82, 2.24) is 14.6 Å². The topological polar surface area (TPSA) is 50.2 Å². The van der Waals surface area contributed by atoms with Crippen LogP contribution in [0.25, 0.3) is 38.8 Å². The minimum atomic E-state index is -0.141. The number of aryl methyl sites for hydroxylation is 1. The Balaban J connectivity index is 1.86. The summed E-state index contributed by atoms with van der Waals surface area (Å²) >= 11 is 0. The number of nitrogens with zero attached hydrogens (tertiary/aromatic N) is 2. The number of benzene rings is 3. The number of hydrogen-bond donors (Lipinski definition) is 1. The van der Waals surface area contributed by atoms with Crippen molar-refractivity contribution >= 4 is 16.4 Å². The van der Waals surface area contributed by atoms with Gasteiger partial charge in [-0.25, -0.2) is 0 Å². The summed E-state index contributed by atoms with van der Waals surface area (Å²) in [5, 5.41) is 6.81. The van der Waals surface area contributed by atoms with E-state index in [0.717, 1.165) is 44.5 Å². The molecule has 0 unspecified atom stereocenters. The van der Waals surface area contributed by atoms with Gasteiger partial charge in [0.1, 0.15) is 5.65 Å². The fourth-order valence-electron chi connectivity index (χ4n) is 3.69. The smallest absolute Gasteiger partial charge is 0.274 e. The zero-order valence-corrected chi connectivity index (χ0v) is 14.8. The van der Waals surface area contributed by atoms with E-state index in [9.17, 15) is 4.79 Å². The average Bonchev–Trinajstić information content (AvgIpc) is 3.04. The molecule has 4 nitrogen and oxygen atoms in total.